The van der Waals surface area contributed by atoms with E-state index in [0.717, 1.165) is 24.8 Å². The van der Waals surface area contributed by atoms with Crippen LogP contribution in [0, 0.1) is 0 Å². The van der Waals surface area contributed by atoms with Gasteiger partial charge in [-0.3, -0.25) is 4.98 Å². The molecule has 2 heteroatoms. The van der Waals surface area contributed by atoms with Gasteiger partial charge in [-0.05, 0) is 37.9 Å². The Morgan fingerprint density at radius 2 is 2.17 bits per heavy atom. The van der Waals surface area contributed by atoms with Crippen LogP contribution in [0.5, 0.6) is 0 Å². The summed E-state index contributed by atoms with van der Waals surface area (Å²) in [6.45, 7) is 3.77. The van der Waals surface area contributed by atoms with Crippen molar-refractivity contribution in [3.05, 3.63) is 54.7 Å². The second-order valence-corrected chi connectivity index (χ2v) is 4.48. The van der Waals surface area contributed by atoms with Crippen molar-refractivity contribution >= 4 is 10.9 Å². The standard InChI is InChI=1S/C16H20N2/c1-3-4-5-11-15(17-2)14-10-6-8-13-9-7-12-18-16(13)14/h3,6-10,12,15,17H,1,4-5,11H2,2H3. The number of para-hydroxylation sites is 1. The predicted molar refractivity (Wildman–Crippen MR) is 77.6 cm³/mol. The molecular weight excluding hydrogens is 220 g/mol. The summed E-state index contributed by atoms with van der Waals surface area (Å²) in [7, 11) is 2.01. The zero-order valence-corrected chi connectivity index (χ0v) is 10.9. The van der Waals surface area contributed by atoms with E-state index >= 15 is 0 Å². The fraction of sp³-hybridized carbons (Fsp3) is 0.312. The van der Waals surface area contributed by atoms with Crippen LogP contribution in [0.2, 0.25) is 0 Å². The summed E-state index contributed by atoms with van der Waals surface area (Å²) in [4.78, 5) is 4.52. The highest BCUT2D eigenvalue weighted by Crippen LogP contribution is 2.25. The quantitative estimate of drug-likeness (QED) is 0.612. The summed E-state index contributed by atoms with van der Waals surface area (Å²) < 4.78 is 0. The highest BCUT2D eigenvalue weighted by atomic mass is 14.9. The number of nitrogens with zero attached hydrogens (tertiary/aromatic N) is 1. The van der Waals surface area contributed by atoms with Crippen molar-refractivity contribution in [1.29, 1.82) is 0 Å². The summed E-state index contributed by atoms with van der Waals surface area (Å²) in [5, 5.41) is 4.60. The Balaban J connectivity index is 2.29. The molecule has 1 aromatic carbocycles. The van der Waals surface area contributed by atoms with Gasteiger partial charge in [0.25, 0.3) is 0 Å². The van der Waals surface area contributed by atoms with Gasteiger partial charge in [0.1, 0.15) is 0 Å². The topological polar surface area (TPSA) is 24.9 Å². The van der Waals surface area contributed by atoms with Gasteiger partial charge >= 0.3 is 0 Å². The molecule has 0 radical (unpaired) electrons. The summed E-state index contributed by atoms with van der Waals surface area (Å²) in [6, 6.07) is 10.9. The monoisotopic (exact) mass is 240 g/mol. The van der Waals surface area contributed by atoms with Gasteiger partial charge in [0, 0.05) is 17.6 Å². The van der Waals surface area contributed by atoms with E-state index in [2.05, 4.69) is 41.1 Å². The van der Waals surface area contributed by atoms with Gasteiger partial charge in [-0.25, -0.2) is 0 Å². The van der Waals surface area contributed by atoms with E-state index in [0.29, 0.717) is 6.04 Å². The Morgan fingerprint density at radius 3 is 2.94 bits per heavy atom. The van der Waals surface area contributed by atoms with Crippen LogP contribution in [0.4, 0.5) is 0 Å². The van der Waals surface area contributed by atoms with Crippen molar-refractivity contribution < 1.29 is 0 Å². The van der Waals surface area contributed by atoms with Crippen LogP contribution >= 0.6 is 0 Å². The first-order valence-electron chi connectivity index (χ1n) is 6.48. The van der Waals surface area contributed by atoms with Crippen LogP contribution in [0.1, 0.15) is 30.9 Å². The molecule has 94 valence electrons. The van der Waals surface area contributed by atoms with Crippen molar-refractivity contribution in [2.75, 3.05) is 7.05 Å². The minimum absolute atomic E-state index is 0.364. The van der Waals surface area contributed by atoms with E-state index in [1.165, 1.54) is 10.9 Å². The minimum Gasteiger partial charge on any atom is -0.313 e. The second kappa shape index (κ2) is 6.31. The average Bonchev–Trinajstić information content (AvgIpc) is 2.43. The van der Waals surface area contributed by atoms with Crippen LogP contribution in [0.3, 0.4) is 0 Å². The zero-order valence-electron chi connectivity index (χ0n) is 10.9. The molecule has 0 fully saturated rings. The van der Waals surface area contributed by atoms with E-state index in [1.54, 1.807) is 0 Å². The molecule has 0 saturated carbocycles. The number of benzene rings is 1. The lowest BCUT2D eigenvalue weighted by Crippen LogP contribution is -2.16. The number of pyridine rings is 1. The SMILES string of the molecule is C=CCCCC(NC)c1cccc2cccnc12. The van der Waals surface area contributed by atoms with Crippen LogP contribution in [-0.2, 0) is 0 Å². The number of allylic oxidation sites excluding steroid dienone is 1. The lowest BCUT2D eigenvalue weighted by molar-refractivity contribution is 0.532. The molecule has 0 saturated heterocycles. The molecule has 2 rings (SSSR count). The van der Waals surface area contributed by atoms with E-state index in [9.17, 15) is 0 Å². The van der Waals surface area contributed by atoms with Gasteiger partial charge in [0.05, 0.1) is 5.52 Å². The van der Waals surface area contributed by atoms with Crippen molar-refractivity contribution in [2.24, 2.45) is 0 Å². The highest BCUT2D eigenvalue weighted by molar-refractivity contribution is 5.81. The third-order valence-electron chi connectivity index (χ3n) is 3.29. The highest BCUT2D eigenvalue weighted by Gasteiger charge is 2.12. The Hall–Kier alpha value is -1.67. The maximum atomic E-state index is 4.52. The predicted octanol–water partition coefficient (Wildman–Crippen LogP) is 3.85. The van der Waals surface area contributed by atoms with Crippen LogP contribution < -0.4 is 5.32 Å². The van der Waals surface area contributed by atoms with Crippen LogP contribution in [0.25, 0.3) is 10.9 Å². The largest absolute Gasteiger partial charge is 0.313 e. The van der Waals surface area contributed by atoms with Gasteiger partial charge in [0.2, 0.25) is 0 Å². The summed E-state index contributed by atoms with van der Waals surface area (Å²) in [5.74, 6) is 0. The van der Waals surface area contributed by atoms with Crippen molar-refractivity contribution in [3.8, 4) is 0 Å². The molecule has 0 aliphatic heterocycles. The summed E-state index contributed by atoms with van der Waals surface area (Å²) in [5.41, 5.74) is 2.40. The molecule has 0 spiro atoms. The van der Waals surface area contributed by atoms with E-state index in [4.69, 9.17) is 0 Å². The van der Waals surface area contributed by atoms with Crippen molar-refractivity contribution in [3.63, 3.8) is 0 Å². The average molecular weight is 240 g/mol. The molecule has 1 heterocycles. The number of unbranched alkanes of at least 4 members (excludes halogenated alkanes) is 1. The van der Waals surface area contributed by atoms with Gasteiger partial charge in [-0.15, -0.1) is 6.58 Å². The Labute approximate surface area is 109 Å². The van der Waals surface area contributed by atoms with Crippen molar-refractivity contribution in [2.45, 2.75) is 25.3 Å². The number of nitrogens with one attached hydrogen (secondary N) is 1. The maximum Gasteiger partial charge on any atom is 0.0749 e. The summed E-state index contributed by atoms with van der Waals surface area (Å²) >= 11 is 0. The van der Waals surface area contributed by atoms with E-state index in [1.807, 2.05) is 25.4 Å². The third-order valence-corrected chi connectivity index (χ3v) is 3.29. The third kappa shape index (κ3) is 2.77. The van der Waals surface area contributed by atoms with Gasteiger partial charge in [-0.1, -0.05) is 30.3 Å². The van der Waals surface area contributed by atoms with Gasteiger partial charge < -0.3 is 5.32 Å². The molecule has 1 unspecified atom stereocenters. The molecule has 0 bridgehead atoms. The van der Waals surface area contributed by atoms with E-state index in [-0.39, 0.29) is 0 Å². The number of fused-ring (bicyclic) bond motifs is 1. The number of aromatic nitrogens is 1. The molecule has 1 N–H and O–H groups in total. The zero-order chi connectivity index (χ0) is 12.8. The number of rotatable bonds is 6. The lowest BCUT2D eigenvalue weighted by Gasteiger charge is -2.17. The Bertz CT molecular complexity index is 514. The fourth-order valence-corrected chi connectivity index (χ4v) is 2.33. The minimum atomic E-state index is 0.364. The maximum absolute atomic E-state index is 4.52. The van der Waals surface area contributed by atoms with Gasteiger partial charge in [0.15, 0.2) is 0 Å². The molecule has 2 nitrogen and oxygen atoms in total. The molecule has 0 aliphatic carbocycles. The lowest BCUT2D eigenvalue weighted by atomic mass is 9.98. The van der Waals surface area contributed by atoms with Crippen LogP contribution in [0.15, 0.2) is 49.2 Å². The molecular formula is C16H20N2. The van der Waals surface area contributed by atoms with E-state index < -0.39 is 0 Å². The van der Waals surface area contributed by atoms with Crippen LogP contribution in [-0.4, -0.2) is 12.0 Å². The summed E-state index contributed by atoms with van der Waals surface area (Å²) in [6.07, 6.45) is 7.17. The molecule has 18 heavy (non-hydrogen) atoms. The van der Waals surface area contributed by atoms with Gasteiger partial charge in [-0.2, -0.15) is 0 Å². The normalized spacial score (nSPS) is 12.5. The van der Waals surface area contributed by atoms with Crippen molar-refractivity contribution in [1.82, 2.24) is 10.3 Å². The molecule has 1 atom stereocenters. The first-order chi connectivity index (χ1) is 8.86. The Morgan fingerprint density at radius 1 is 1.33 bits per heavy atom. The fourth-order valence-electron chi connectivity index (χ4n) is 2.33. The number of hydrogen-bond acceptors (Lipinski definition) is 2. The second-order valence-electron chi connectivity index (χ2n) is 4.48. The molecule has 0 aliphatic rings. The molecule has 0 amide bonds. The molecule has 2 aromatic rings. The number of hydrogen-bond donors (Lipinski definition) is 1. The first-order valence-corrected chi connectivity index (χ1v) is 6.48. The Kier molecular flexibility index (Phi) is 4.48. The first kappa shape index (κ1) is 12.8. The molecule has 1 aromatic heterocycles. The smallest absolute Gasteiger partial charge is 0.0749 e.